The van der Waals surface area contributed by atoms with E-state index in [0.29, 0.717) is 13.1 Å². The summed E-state index contributed by atoms with van der Waals surface area (Å²) in [6.07, 6.45) is 3.54. The van der Waals surface area contributed by atoms with Gasteiger partial charge in [0.25, 0.3) is 0 Å². The van der Waals surface area contributed by atoms with Crippen molar-refractivity contribution in [1.29, 1.82) is 0 Å². The lowest BCUT2D eigenvalue weighted by Crippen LogP contribution is -2.35. The van der Waals surface area contributed by atoms with E-state index in [9.17, 15) is 4.79 Å². The molecule has 1 aliphatic carbocycles. The summed E-state index contributed by atoms with van der Waals surface area (Å²) in [5.74, 6) is 0.924. The van der Waals surface area contributed by atoms with E-state index in [0.717, 1.165) is 18.9 Å². The van der Waals surface area contributed by atoms with Crippen molar-refractivity contribution in [3.05, 3.63) is 34.9 Å². The minimum Gasteiger partial charge on any atom is -0.355 e. The summed E-state index contributed by atoms with van der Waals surface area (Å²) < 4.78 is 0. The minimum atomic E-state index is 0. The highest BCUT2D eigenvalue weighted by molar-refractivity contribution is 5.85. The number of nitrogens with one attached hydrogen (secondary N) is 2. The Balaban J connectivity index is 0.00000200. The number of hydrogen-bond acceptors (Lipinski definition) is 2. The molecule has 1 aromatic carbocycles. The lowest BCUT2D eigenvalue weighted by Gasteiger charge is -2.08. The first-order chi connectivity index (χ1) is 9.13. The predicted octanol–water partition coefficient (Wildman–Crippen LogP) is 2.38. The van der Waals surface area contributed by atoms with Gasteiger partial charge in [0.1, 0.15) is 0 Å². The normalized spacial score (nSPS) is 13.7. The molecule has 3 nitrogen and oxygen atoms in total. The van der Waals surface area contributed by atoms with Gasteiger partial charge in [0.05, 0.1) is 6.54 Å². The van der Waals surface area contributed by atoms with Gasteiger partial charge >= 0.3 is 0 Å². The number of carbonyl (C=O) groups excluding carboxylic acids is 1. The van der Waals surface area contributed by atoms with Gasteiger partial charge in [-0.2, -0.15) is 0 Å². The molecular weight excluding hydrogens is 272 g/mol. The third kappa shape index (κ3) is 6.40. The summed E-state index contributed by atoms with van der Waals surface area (Å²) in [4.78, 5) is 11.6. The first-order valence-electron chi connectivity index (χ1n) is 7.18. The van der Waals surface area contributed by atoms with Gasteiger partial charge in [0, 0.05) is 6.54 Å². The second-order valence-electron chi connectivity index (χ2n) is 5.67. The Bertz CT molecular complexity index is 424. The number of hydrogen-bond donors (Lipinski definition) is 2. The molecule has 1 aromatic rings. The van der Waals surface area contributed by atoms with Crippen LogP contribution < -0.4 is 10.6 Å². The maximum absolute atomic E-state index is 11.6. The van der Waals surface area contributed by atoms with E-state index < -0.39 is 0 Å². The SMILES string of the molecule is Cc1cc(C)cc(CCNC(=O)CNCC2CC2)c1.Cl. The standard InChI is InChI=1S/C16H24N2O.ClH/c1-12-7-13(2)9-15(8-12)5-6-18-16(19)11-17-10-14-3-4-14;/h7-9,14,17H,3-6,10-11H2,1-2H3,(H,18,19);1H. The average molecular weight is 297 g/mol. The topological polar surface area (TPSA) is 41.1 Å². The molecule has 0 radical (unpaired) electrons. The molecule has 0 aliphatic heterocycles. The summed E-state index contributed by atoms with van der Waals surface area (Å²) in [5.41, 5.74) is 3.86. The van der Waals surface area contributed by atoms with Crippen LogP contribution >= 0.6 is 12.4 Å². The Kier molecular flexibility index (Phi) is 7.03. The first kappa shape index (κ1) is 17.0. The van der Waals surface area contributed by atoms with Gasteiger partial charge in [-0.25, -0.2) is 0 Å². The van der Waals surface area contributed by atoms with Crippen molar-refractivity contribution in [3.8, 4) is 0 Å². The highest BCUT2D eigenvalue weighted by Crippen LogP contribution is 2.27. The molecule has 112 valence electrons. The fourth-order valence-electron chi connectivity index (χ4n) is 2.33. The van der Waals surface area contributed by atoms with Gasteiger partial charge in [-0.15, -0.1) is 12.4 Å². The molecular formula is C16H25ClN2O. The molecule has 0 atom stereocenters. The molecule has 4 heteroatoms. The van der Waals surface area contributed by atoms with E-state index in [1.807, 2.05) is 0 Å². The smallest absolute Gasteiger partial charge is 0.233 e. The average Bonchev–Trinajstić information content (AvgIpc) is 3.11. The molecule has 20 heavy (non-hydrogen) atoms. The van der Waals surface area contributed by atoms with E-state index in [4.69, 9.17) is 0 Å². The number of rotatable bonds is 7. The Labute approximate surface area is 127 Å². The van der Waals surface area contributed by atoms with Crippen molar-refractivity contribution in [2.75, 3.05) is 19.6 Å². The Morgan fingerprint density at radius 1 is 1.20 bits per heavy atom. The van der Waals surface area contributed by atoms with Gasteiger partial charge in [-0.05, 0) is 51.1 Å². The molecule has 0 heterocycles. The van der Waals surface area contributed by atoms with Crippen LogP contribution in [0.15, 0.2) is 18.2 Å². The van der Waals surface area contributed by atoms with Crippen molar-refractivity contribution in [2.24, 2.45) is 5.92 Å². The molecule has 1 amide bonds. The maximum atomic E-state index is 11.6. The molecule has 0 bridgehead atoms. The highest BCUT2D eigenvalue weighted by atomic mass is 35.5. The number of carbonyl (C=O) groups is 1. The largest absolute Gasteiger partial charge is 0.355 e. The van der Waals surface area contributed by atoms with Crippen LogP contribution in [0.4, 0.5) is 0 Å². The summed E-state index contributed by atoms with van der Waals surface area (Å²) >= 11 is 0. The van der Waals surface area contributed by atoms with Crippen molar-refractivity contribution in [2.45, 2.75) is 33.1 Å². The van der Waals surface area contributed by atoms with Gasteiger partial charge < -0.3 is 10.6 Å². The number of amides is 1. The van der Waals surface area contributed by atoms with Crippen LogP contribution in [-0.2, 0) is 11.2 Å². The molecule has 0 spiro atoms. The zero-order chi connectivity index (χ0) is 13.7. The van der Waals surface area contributed by atoms with E-state index in [-0.39, 0.29) is 18.3 Å². The lowest BCUT2D eigenvalue weighted by molar-refractivity contribution is -0.120. The second-order valence-corrected chi connectivity index (χ2v) is 5.67. The molecule has 1 saturated carbocycles. The van der Waals surface area contributed by atoms with Crippen molar-refractivity contribution in [1.82, 2.24) is 10.6 Å². The summed E-state index contributed by atoms with van der Waals surface area (Å²) in [6.45, 7) is 6.37. The lowest BCUT2D eigenvalue weighted by atomic mass is 10.1. The minimum absolute atomic E-state index is 0. The molecule has 1 fully saturated rings. The van der Waals surface area contributed by atoms with E-state index >= 15 is 0 Å². The monoisotopic (exact) mass is 296 g/mol. The first-order valence-corrected chi connectivity index (χ1v) is 7.18. The van der Waals surface area contributed by atoms with Crippen LogP contribution in [-0.4, -0.2) is 25.5 Å². The third-order valence-electron chi connectivity index (χ3n) is 3.43. The molecule has 2 N–H and O–H groups in total. The summed E-state index contributed by atoms with van der Waals surface area (Å²) in [6, 6.07) is 6.54. The van der Waals surface area contributed by atoms with Crippen LogP contribution in [0.1, 0.15) is 29.5 Å². The van der Waals surface area contributed by atoms with Crippen LogP contribution in [0.3, 0.4) is 0 Å². The van der Waals surface area contributed by atoms with Crippen LogP contribution in [0.5, 0.6) is 0 Å². The molecule has 0 unspecified atom stereocenters. The van der Waals surface area contributed by atoms with Crippen molar-refractivity contribution >= 4 is 18.3 Å². The number of halogens is 1. The fourth-order valence-corrected chi connectivity index (χ4v) is 2.33. The summed E-state index contributed by atoms with van der Waals surface area (Å²) in [7, 11) is 0. The zero-order valence-corrected chi connectivity index (χ0v) is 13.2. The molecule has 0 saturated heterocycles. The van der Waals surface area contributed by atoms with Crippen LogP contribution in [0.25, 0.3) is 0 Å². The predicted molar refractivity (Wildman–Crippen MR) is 85.5 cm³/mol. The molecule has 1 aliphatic rings. The molecule has 2 rings (SSSR count). The van der Waals surface area contributed by atoms with E-state index in [1.54, 1.807) is 0 Å². The van der Waals surface area contributed by atoms with Crippen molar-refractivity contribution in [3.63, 3.8) is 0 Å². The Morgan fingerprint density at radius 2 is 1.85 bits per heavy atom. The fraction of sp³-hybridized carbons (Fsp3) is 0.562. The van der Waals surface area contributed by atoms with Crippen molar-refractivity contribution < 1.29 is 4.79 Å². The van der Waals surface area contributed by atoms with Gasteiger partial charge in [-0.3, -0.25) is 4.79 Å². The number of benzene rings is 1. The Hall–Kier alpha value is -1.06. The quantitative estimate of drug-likeness (QED) is 0.811. The summed E-state index contributed by atoms with van der Waals surface area (Å²) in [5, 5.41) is 6.16. The van der Waals surface area contributed by atoms with Crippen LogP contribution in [0, 0.1) is 19.8 Å². The number of aryl methyl sites for hydroxylation is 2. The third-order valence-corrected chi connectivity index (χ3v) is 3.43. The van der Waals surface area contributed by atoms with Gasteiger partial charge in [0.15, 0.2) is 0 Å². The van der Waals surface area contributed by atoms with E-state index in [2.05, 4.69) is 42.7 Å². The van der Waals surface area contributed by atoms with E-state index in [1.165, 1.54) is 29.5 Å². The zero-order valence-electron chi connectivity index (χ0n) is 12.4. The second kappa shape index (κ2) is 8.28. The molecule has 0 aromatic heterocycles. The van der Waals surface area contributed by atoms with Gasteiger partial charge in [0.2, 0.25) is 5.91 Å². The van der Waals surface area contributed by atoms with Gasteiger partial charge in [-0.1, -0.05) is 29.3 Å². The highest BCUT2D eigenvalue weighted by Gasteiger charge is 2.20. The van der Waals surface area contributed by atoms with Crippen LogP contribution in [0.2, 0.25) is 0 Å². The Morgan fingerprint density at radius 3 is 2.45 bits per heavy atom. The maximum Gasteiger partial charge on any atom is 0.233 e.